The predicted molar refractivity (Wildman–Crippen MR) is 74.3 cm³/mol. The van der Waals surface area contributed by atoms with Crippen LogP contribution in [0.5, 0.6) is 0 Å². The van der Waals surface area contributed by atoms with E-state index in [0.29, 0.717) is 0 Å². The van der Waals surface area contributed by atoms with Crippen LogP contribution in [-0.2, 0) is 19.3 Å². The zero-order chi connectivity index (χ0) is 12.4. The van der Waals surface area contributed by atoms with Gasteiger partial charge in [0.15, 0.2) is 0 Å². The highest BCUT2D eigenvalue weighted by molar-refractivity contribution is 7.07. The average molecular weight is 259 g/mol. The molecule has 1 aliphatic rings. The van der Waals surface area contributed by atoms with Crippen LogP contribution >= 0.6 is 11.3 Å². The molecule has 0 radical (unpaired) electrons. The number of aryl methyl sites for hydroxylation is 2. The highest BCUT2D eigenvalue weighted by atomic mass is 32.1. The van der Waals surface area contributed by atoms with Crippen LogP contribution < -0.4 is 11.3 Å². The Balaban J connectivity index is 1.79. The molecule has 18 heavy (non-hydrogen) atoms. The van der Waals surface area contributed by atoms with E-state index in [-0.39, 0.29) is 6.04 Å². The molecule has 0 bridgehead atoms. The number of nitrogens with zero attached hydrogens (tertiary/aromatic N) is 1. The Hall–Kier alpha value is -1.23. The summed E-state index contributed by atoms with van der Waals surface area (Å²) in [5.41, 5.74) is 10.1. The van der Waals surface area contributed by atoms with Gasteiger partial charge in [-0.3, -0.25) is 11.3 Å². The summed E-state index contributed by atoms with van der Waals surface area (Å²) in [4.78, 5) is 4.33. The third-order valence-corrected chi connectivity index (χ3v) is 4.22. The van der Waals surface area contributed by atoms with Crippen molar-refractivity contribution < 1.29 is 0 Å². The molecule has 3 nitrogen and oxygen atoms in total. The van der Waals surface area contributed by atoms with Crippen LogP contribution in [0.1, 0.15) is 34.8 Å². The Kier molecular flexibility index (Phi) is 3.41. The van der Waals surface area contributed by atoms with Crippen molar-refractivity contribution in [2.45, 2.75) is 31.7 Å². The van der Waals surface area contributed by atoms with Crippen molar-refractivity contribution in [3.8, 4) is 0 Å². The number of nitrogens with two attached hydrogens (primary N) is 1. The first-order chi connectivity index (χ1) is 8.86. The smallest absolute Gasteiger partial charge is 0.0795 e. The number of thiazole rings is 1. The normalized spacial score (nSPS) is 15.6. The number of benzene rings is 1. The summed E-state index contributed by atoms with van der Waals surface area (Å²) in [6.45, 7) is 0. The fraction of sp³-hybridized carbons (Fsp3) is 0.357. The summed E-state index contributed by atoms with van der Waals surface area (Å²) in [6.07, 6.45) is 4.65. The van der Waals surface area contributed by atoms with E-state index in [9.17, 15) is 0 Å². The first-order valence-electron chi connectivity index (χ1n) is 6.31. The maximum absolute atomic E-state index is 5.64. The molecule has 1 heterocycles. The molecule has 0 aliphatic heterocycles. The number of hydrazine groups is 1. The van der Waals surface area contributed by atoms with Gasteiger partial charge < -0.3 is 0 Å². The van der Waals surface area contributed by atoms with Crippen molar-refractivity contribution in [3.05, 3.63) is 51.5 Å². The quantitative estimate of drug-likeness (QED) is 0.655. The standard InChI is InChI=1S/C14H17N3S/c15-17-13(14-8-18-9-16-14)7-10-4-5-11-2-1-3-12(11)6-10/h4-6,8-9,13,17H,1-3,7,15H2. The summed E-state index contributed by atoms with van der Waals surface area (Å²) >= 11 is 1.61. The molecule has 4 heteroatoms. The Bertz CT molecular complexity index is 522. The SMILES string of the molecule is NNC(Cc1ccc2c(c1)CCC2)c1cscn1. The highest BCUT2D eigenvalue weighted by Crippen LogP contribution is 2.25. The van der Waals surface area contributed by atoms with E-state index in [0.717, 1.165) is 12.1 Å². The van der Waals surface area contributed by atoms with Crippen LogP contribution in [0, 0.1) is 0 Å². The van der Waals surface area contributed by atoms with Crippen LogP contribution in [0.2, 0.25) is 0 Å². The third-order valence-electron chi connectivity index (χ3n) is 3.61. The van der Waals surface area contributed by atoms with Crippen molar-refractivity contribution in [1.29, 1.82) is 0 Å². The molecule has 0 saturated carbocycles. The van der Waals surface area contributed by atoms with Gasteiger partial charge in [0.05, 0.1) is 17.2 Å². The van der Waals surface area contributed by atoms with Gasteiger partial charge in [-0.15, -0.1) is 11.3 Å². The number of aromatic nitrogens is 1. The Morgan fingerprint density at radius 2 is 2.22 bits per heavy atom. The molecule has 1 aliphatic carbocycles. The number of fused-ring (bicyclic) bond motifs is 1. The molecule has 0 fully saturated rings. The number of hydrogen-bond acceptors (Lipinski definition) is 4. The van der Waals surface area contributed by atoms with Crippen LogP contribution in [0.15, 0.2) is 29.1 Å². The summed E-state index contributed by atoms with van der Waals surface area (Å²) in [5.74, 6) is 5.64. The van der Waals surface area contributed by atoms with Gasteiger partial charge in [0.25, 0.3) is 0 Å². The first kappa shape index (κ1) is 11.8. The molecular formula is C14H17N3S. The second-order valence-electron chi connectivity index (χ2n) is 4.79. The molecule has 1 aromatic heterocycles. The lowest BCUT2D eigenvalue weighted by molar-refractivity contribution is 0.541. The van der Waals surface area contributed by atoms with E-state index in [1.54, 1.807) is 11.3 Å². The maximum atomic E-state index is 5.64. The lowest BCUT2D eigenvalue weighted by Gasteiger charge is -2.14. The molecule has 0 amide bonds. The van der Waals surface area contributed by atoms with E-state index in [1.807, 2.05) is 5.51 Å². The van der Waals surface area contributed by atoms with Crippen molar-refractivity contribution in [2.75, 3.05) is 0 Å². The molecule has 0 saturated heterocycles. The van der Waals surface area contributed by atoms with Gasteiger partial charge in [-0.05, 0) is 42.4 Å². The van der Waals surface area contributed by atoms with Crippen LogP contribution in [0.3, 0.4) is 0 Å². The van der Waals surface area contributed by atoms with E-state index in [2.05, 4.69) is 34.0 Å². The van der Waals surface area contributed by atoms with Gasteiger partial charge in [-0.25, -0.2) is 4.98 Å². The molecule has 3 N–H and O–H groups in total. The van der Waals surface area contributed by atoms with Crippen molar-refractivity contribution in [2.24, 2.45) is 5.84 Å². The zero-order valence-electron chi connectivity index (χ0n) is 10.2. The predicted octanol–water partition coefficient (Wildman–Crippen LogP) is 2.38. The van der Waals surface area contributed by atoms with Crippen molar-refractivity contribution in [1.82, 2.24) is 10.4 Å². The fourth-order valence-corrected chi connectivity index (χ4v) is 3.24. The molecule has 1 unspecified atom stereocenters. The summed E-state index contributed by atoms with van der Waals surface area (Å²) in [6, 6.07) is 6.93. The van der Waals surface area contributed by atoms with Gasteiger partial charge in [0, 0.05) is 5.38 Å². The van der Waals surface area contributed by atoms with Crippen LogP contribution in [0.4, 0.5) is 0 Å². The zero-order valence-corrected chi connectivity index (χ0v) is 11.0. The third kappa shape index (κ3) is 2.32. The first-order valence-corrected chi connectivity index (χ1v) is 7.26. The maximum Gasteiger partial charge on any atom is 0.0795 e. The monoisotopic (exact) mass is 259 g/mol. The average Bonchev–Trinajstić information content (AvgIpc) is 3.06. The summed E-state index contributed by atoms with van der Waals surface area (Å²) < 4.78 is 0. The Morgan fingerprint density at radius 3 is 3.00 bits per heavy atom. The second-order valence-corrected chi connectivity index (χ2v) is 5.51. The Morgan fingerprint density at radius 1 is 1.33 bits per heavy atom. The van der Waals surface area contributed by atoms with Crippen molar-refractivity contribution in [3.63, 3.8) is 0 Å². The van der Waals surface area contributed by atoms with E-state index in [1.165, 1.54) is 36.0 Å². The minimum Gasteiger partial charge on any atom is -0.271 e. The molecule has 94 valence electrons. The van der Waals surface area contributed by atoms with E-state index >= 15 is 0 Å². The van der Waals surface area contributed by atoms with Gasteiger partial charge in [-0.1, -0.05) is 18.2 Å². The van der Waals surface area contributed by atoms with E-state index in [4.69, 9.17) is 5.84 Å². The Labute approximate surface area is 111 Å². The summed E-state index contributed by atoms with van der Waals surface area (Å²) in [5, 5.41) is 2.05. The minimum absolute atomic E-state index is 0.107. The second kappa shape index (κ2) is 5.18. The van der Waals surface area contributed by atoms with Gasteiger partial charge in [-0.2, -0.15) is 0 Å². The molecule has 1 aromatic carbocycles. The lowest BCUT2D eigenvalue weighted by atomic mass is 10.00. The minimum atomic E-state index is 0.107. The summed E-state index contributed by atoms with van der Waals surface area (Å²) in [7, 11) is 0. The van der Waals surface area contributed by atoms with Crippen LogP contribution in [0.25, 0.3) is 0 Å². The lowest BCUT2D eigenvalue weighted by Crippen LogP contribution is -2.29. The number of nitrogens with one attached hydrogen (secondary N) is 1. The van der Waals surface area contributed by atoms with Gasteiger partial charge >= 0.3 is 0 Å². The van der Waals surface area contributed by atoms with Crippen LogP contribution in [-0.4, -0.2) is 4.98 Å². The molecule has 2 aromatic rings. The highest BCUT2D eigenvalue weighted by Gasteiger charge is 2.15. The van der Waals surface area contributed by atoms with Gasteiger partial charge in [0.1, 0.15) is 0 Å². The molecule has 1 atom stereocenters. The molecule has 3 rings (SSSR count). The van der Waals surface area contributed by atoms with Crippen molar-refractivity contribution >= 4 is 11.3 Å². The topological polar surface area (TPSA) is 50.9 Å². The number of rotatable bonds is 4. The largest absolute Gasteiger partial charge is 0.271 e. The number of hydrogen-bond donors (Lipinski definition) is 2. The van der Waals surface area contributed by atoms with Gasteiger partial charge in [0.2, 0.25) is 0 Å². The fourth-order valence-electron chi connectivity index (χ4n) is 2.63. The van der Waals surface area contributed by atoms with E-state index < -0.39 is 0 Å². The molecular weight excluding hydrogens is 242 g/mol. The molecule has 0 spiro atoms.